The zero-order valence-electron chi connectivity index (χ0n) is 11.1. The molecule has 1 aliphatic heterocycles. The van der Waals surface area contributed by atoms with Gasteiger partial charge in [-0.1, -0.05) is 0 Å². The molecule has 8 heteroatoms. The van der Waals surface area contributed by atoms with Gasteiger partial charge >= 0.3 is 5.97 Å². The molecule has 0 saturated carbocycles. The number of nitrogens with one attached hydrogen (secondary N) is 2. The summed E-state index contributed by atoms with van der Waals surface area (Å²) in [6.45, 7) is 0. The Morgan fingerprint density at radius 1 is 1.24 bits per heavy atom. The third kappa shape index (κ3) is 2.54. The van der Waals surface area contributed by atoms with E-state index in [1.807, 2.05) is 0 Å². The Hall–Kier alpha value is -2.22. The molecule has 2 heterocycles. The molecule has 0 fully saturated rings. The SMILES string of the molecule is O=C1CCC(C(=O)Nc2sc3c(c2C(=O)O)CCC3)=NN1. The fourth-order valence-electron chi connectivity index (χ4n) is 2.53. The summed E-state index contributed by atoms with van der Waals surface area (Å²) in [7, 11) is 0. The van der Waals surface area contributed by atoms with Crippen LogP contribution in [0.2, 0.25) is 0 Å². The molecule has 2 aliphatic rings. The lowest BCUT2D eigenvalue weighted by Crippen LogP contribution is -2.32. The first-order valence-corrected chi connectivity index (χ1v) is 7.42. The molecule has 0 radical (unpaired) electrons. The number of nitrogens with zero attached hydrogens (tertiary/aromatic N) is 1. The minimum atomic E-state index is -1.02. The Morgan fingerprint density at radius 2 is 2.05 bits per heavy atom. The van der Waals surface area contributed by atoms with Crippen molar-refractivity contribution in [3.05, 3.63) is 16.0 Å². The summed E-state index contributed by atoms with van der Waals surface area (Å²) in [6, 6.07) is 0. The van der Waals surface area contributed by atoms with E-state index in [0.717, 1.165) is 29.7 Å². The standard InChI is InChI=1S/C13H13N3O4S/c17-9-5-4-7(15-16-9)11(18)14-12-10(13(19)20)6-2-1-3-8(6)21-12/h1-5H2,(H,14,18)(H,16,17)(H,19,20). The highest BCUT2D eigenvalue weighted by Crippen LogP contribution is 2.39. The van der Waals surface area contributed by atoms with E-state index in [4.69, 9.17) is 0 Å². The first-order valence-electron chi connectivity index (χ1n) is 6.61. The Balaban J connectivity index is 1.84. The Labute approximate surface area is 124 Å². The van der Waals surface area contributed by atoms with E-state index in [2.05, 4.69) is 15.8 Å². The number of anilines is 1. The molecule has 0 spiro atoms. The number of amides is 2. The molecule has 3 rings (SSSR count). The van der Waals surface area contributed by atoms with Gasteiger partial charge in [-0.2, -0.15) is 5.10 Å². The zero-order valence-corrected chi connectivity index (χ0v) is 11.9. The topological polar surface area (TPSA) is 108 Å². The molecule has 1 aromatic heterocycles. The van der Waals surface area contributed by atoms with Crippen LogP contribution in [0.15, 0.2) is 5.10 Å². The average molecular weight is 307 g/mol. The van der Waals surface area contributed by atoms with Crippen LogP contribution in [0.5, 0.6) is 0 Å². The molecule has 0 aromatic carbocycles. The second-order valence-corrected chi connectivity index (χ2v) is 6.02. The van der Waals surface area contributed by atoms with Gasteiger partial charge in [0.05, 0.1) is 5.56 Å². The molecule has 1 aliphatic carbocycles. The lowest BCUT2D eigenvalue weighted by Gasteiger charge is -2.11. The first kappa shape index (κ1) is 13.7. The van der Waals surface area contributed by atoms with Crippen LogP contribution >= 0.6 is 11.3 Å². The number of carboxylic acid groups (broad SMARTS) is 1. The van der Waals surface area contributed by atoms with Crippen LogP contribution in [-0.4, -0.2) is 28.6 Å². The second kappa shape index (κ2) is 5.28. The van der Waals surface area contributed by atoms with E-state index in [1.54, 1.807) is 0 Å². The van der Waals surface area contributed by atoms with Gasteiger partial charge in [0.25, 0.3) is 5.91 Å². The highest BCUT2D eigenvalue weighted by molar-refractivity contribution is 7.17. The minimum absolute atomic E-state index is 0.196. The molecule has 110 valence electrons. The van der Waals surface area contributed by atoms with Crippen molar-refractivity contribution in [1.29, 1.82) is 0 Å². The zero-order chi connectivity index (χ0) is 15.0. The van der Waals surface area contributed by atoms with Gasteiger partial charge in [-0.05, 0) is 24.8 Å². The maximum absolute atomic E-state index is 12.1. The molecule has 0 bridgehead atoms. The van der Waals surface area contributed by atoms with Crippen LogP contribution in [0, 0.1) is 0 Å². The highest BCUT2D eigenvalue weighted by Gasteiger charge is 2.28. The first-order chi connectivity index (χ1) is 10.1. The fourth-order valence-corrected chi connectivity index (χ4v) is 3.81. The highest BCUT2D eigenvalue weighted by atomic mass is 32.1. The van der Waals surface area contributed by atoms with Gasteiger partial charge in [-0.3, -0.25) is 9.59 Å². The van der Waals surface area contributed by atoms with Crippen LogP contribution < -0.4 is 10.7 Å². The van der Waals surface area contributed by atoms with E-state index < -0.39 is 11.9 Å². The Kier molecular flexibility index (Phi) is 3.46. The third-order valence-electron chi connectivity index (χ3n) is 3.53. The number of hydrogen-bond acceptors (Lipinski definition) is 5. The van der Waals surface area contributed by atoms with Crippen molar-refractivity contribution in [2.45, 2.75) is 32.1 Å². The van der Waals surface area contributed by atoms with Gasteiger partial charge in [0, 0.05) is 17.7 Å². The Morgan fingerprint density at radius 3 is 2.71 bits per heavy atom. The summed E-state index contributed by atoms with van der Waals surface area (Å²) in [4.78, 5) is 35.5. The van der Waals surface area contributed by atoms with Crippen LogP contribution in [0.4, 0.5) is 5.00 Å². The van der Waals surface area contributed by atoms with Gasteiger partial charge in [-0.15, -0.1) is 11.3 Å². The lowest BCUT2D eigenvalue weighted by molar-refractivity contribution is -0.121. The van der Waals surface area contributed by atoms with E-state index in [1.165, 1.54) is 11.3 Å². The molecule has 21 heavy (non-hydrogen) atoms. The number of carbonyl (C=O) groups is 3. The molecule has 0 saturated heterocycles. The summed E-state index contributed by atoms with van der Waals surface area (Å²) in [6.07, 6.45) is 3.01. The summed E-state index contributed by atoms with van der Waals surface area (Å²) < 4.78 is 0. The van der Waals surface area contributed by atoms with Crippen molar-refractivity contribution in [1.82, 2.24) is 5.43 Å². The lowest BCUT2D eigenvalue weighted by atomic mass is 10.1. The van der Waals surface area contributed by atoms with Crippen LogP contribution in [0.1, 0.15) is 40.1 Å². The van der Waals surface area contributed by atoms with Gasteiger partial charge in [0.15, 0.2) is 0 Å². The number of fused-ring (bicyclic) bond motifs is 1. The maximum Gasteiger partial charge on any atom is 0.339 e. The third-order valence-corrected chi connectivity index (χ3v) is 4.74. The van der Waals surface area contributed by atoms with Crippen molar-refractivity contribution >= 4 is 39.8 Å². The maximum atomic E-state index is 12.1. The molecule has 1 aromatic rings. The molecule has 0 unspecified atom stereocenters. The van der Waals surface area contributed by atoms with Crippen molar-refractivity contribution < 1.29 is 19.5 Å². The molecular formula is C13H13N3O4S. The smallest absolute Gasteiger partial charge is 0.339 e. The average Bonchev–Trinajstić information content (AvgIpc) is 2.98. The van der Waals surface area contributed by atoms with Crippen molar-refractivity contribution in [3.8, 4) is 0 Å². The predicted octanol–water partition coefficient (Wildman–Crippen LogP) is 1.14. The molecule has 2 amide bonds. The normalized spacial score (nSPS) is 17.0. The summed E-state index contributed by atoms with van der Waals surface area (Å²) >= 11 is 1.31. The number of carbonyl (C=O) groups excluding carboxylic acids is 2. The number of aromatic carboxylic acids is 1. The number of aryl methyl sites for hydroxylation is 1. The number of hydrogen-bond donors (Lipinski definition) is 3. The Bertz CT molecular complexity index is 677. The van der Waals surface area contributed by atoms with Crippen molar-refractivity contribution in [2.24, 2.45) is 5.10 Å². The molecule has 7 nitrogen and oxygen atoms in total. The van der Waals surface area contributed by atoms with Gasteiger partial charge < -0.3 is 10.4 Å². The van der Waals surface area contributed by atoms with Crippen LogP contribution in [0.25, 0.3) is 0 Å². The number of thiophene rings is 1. The second-order valence-electron chi connectivity index (χ2n) is 4.91. The van der Waals surface area contributed by atoms with Gasteiger partial charge in [0.2, 0.25) is 5.91 Å². The largest absolute Gasteiger partial charge is 0.478 e. The van der Waals surface area contributed by atoms with Gasteiger partial charge in [-0.25, -0.2) is 10.2 Å². The van der Waals surface area contributed by atoms with Crippen LogP contribution in [-0.2, 0) is 22.4 Å². The summed E-state index contributed by atoms with van der Waals surface area (Å²) in [5, 5.41) is 16.0. The van der Waals surface area contributed by atoms with E-state index in [-0.39, 0.29) is 30.0 Å². The number of rotatable bonds is 3. The molecule has 0 atom stereocenters. The minimum Gasteiger partial charge on any atom is -0.478 e. The molecule has 3 N–H and O–H groups in total. The number of hydrazone groups is 1. The van der Waals surface area contributed by atoms with E-state index in [9.17, 15) is 19.5 Å². The summed E-state index contributed by atoms with van der Waals surface area (Å²) in [5.74, 6) is -1.71. The quantitative estimate of drug-likeness (QED) is 0.778. The summed E-state index contributed by atoms with van der Waals surface area (Å²) in [5.41, 5.74) is 3.49. The van der Waals surface area contributed by atoms with E-state index in [0.29, 0.717) is 5.00 Å². The van der Waals surface area contributed by atoms with Crippen molar-refractivity contribution in [2.75, 3.05) is 5.32 Å². The van der Waals surface area contributed by atoms with Crippen molar-refractivity contribution in [3.63, 3.8) is 0 Å². The fraction of sp³-hybridized carbons (Fsp3) is 0.385. The molecular weight excluding hydrogens is 294 g/mol. The van der Waals surface area contributed by atoms with E-state index >= 15 is 0 Å². The van der Waals surface area contributed by atoms with Crippen LogP contribution in [0.3, 0.4) is 0 Å². The van der Waals surface area contributed by atoms with Gasteiger partial charge in [0.1, 0.15) is 10.7 Å². The predicted molar refractivity (Wildman–Crippen MR) is 76.7 cm³/mol. The monoisotopic (exact) mass is 307 g/mol. The number of carboxylic acids is 1.